The van der Waals surface area contributed by atoms with E-state index in [-0.39, 0.29) is 0 Å². The van der Waals surface area contributed by atoms with Crippen molar-refractivity contribution in [1.82, 2.24) is 0 Å². The first-order valence-corrected chi connectivity index (χ1v) is 14.4. The molecule has 1 aromatic rings. The highest BCUT2D eigenvalue weighted by Crippen LogP contribution is 2.37. The molecule has 33 heavy (non-hydrogen) atoms. The molecule has 1 saturated carbocycles. The summed E-state index contributed by atoms with van der Waals surface area (Å²) in [5.74, 6) is 3.49. The van der Waals surface area contributed by atoms with Crippen LogP contribution in [0.25, 0.3) is 0 Å². The lowest BCUT2D eigenvalue weighted by molar-refractivity contribution is 0.193. The van der Waals surface area contributed by atoms with Gasteiger partial charge in [-0.25, -0.2) is 0 Å². The SMILES string of the molecule is C=C(C)CCC(CCO)CC1CCC(CCCCc2ccc3c(c2)CCC(CCC)C3)CC1. The van der Waals surface area contributed by atoms with Gasteiger partial charge in [-0.1, -0.05) is 82.1 Å². The lowest BCUT2D eigenvalue weighted by Crippen LogP contribution is -2.18. The largest absolute Gasteiger partial charge is 0.396 e. The third kappa shape index (κ3) is 9.23. The molecule has 1 aromatic carbocycles. The molecule has 0 radical (unpaired) electrons. The van der Waals surface area contributed by atoms with E-state index in [0.717, 1.165) is 30.6 Å². The molecule has 0 spiro atoms. The van der Waals surface area contributed by atoms with E-state index in [2.05, 4.69) is 38.6 Å². The number of aliphatic hydroxyl groups excluding tert-OH is 1. The van der Waals surface area contributed by atoms with Crippen LogP contribution in [0.2, 0.25) is 0 Å². The monoisotopic (exact) mass is 452 g/mol. The quantitative estimate of drug-likeness (QED) is 0.221. The first-order chi connectivity index (χ1) is 16.1. The van der Waals surface area contributed by atoms with Gasteiger partial charge in [0.05, 0.1) is 0 Å². The molecule has 0 saturated heterocycles. The Kier molecular flexibility index (Phi) is 11.5. The van der Waals surface area contributed by atoms with Gasteiger partial charge in [0, 0.05) is 6.61 Å². The van der Waals surface area contributed by atoms with E-state index in [4.69, 9.17) is 0 Å². The number of hydrogen-bond donors (Lipinski definition) is 1. The van der Waals surface area contributed by atoms with E-state index < -0.39 is 0 Å². The average molecular weight is 453 g/mol. The van der Waals surface area contributed by atoms with Gasteiger partial charge >= 0.3 is 0 Å². The molecule has 2 atom stereocenters. The number of rotatable bonds is 14. The van der Waals surface area contributed by atoms with Crippen LogP contribution in [0.3, 0.4) is 0 Å². The van der Waals surface area contributed by atoms with E-state index in [1.165, 1.54) is 102 Å². The van der Waals surface area contributed by atoms with Gasteiger partial charge < -0.3 is 5.11 Å². The maximum Gasteiger partial charge on any atom is 0.0433 e. The molecule has 2 unspecified atom stereocenters. The van der Waals surface area contributed by atoms with Crippen molar-refractivity contribution in [1.29, 1.82) is 0 Å². The van der Waals surface area contributed by atoms with Gasteiger partial charge in [0.15, 0.2) is 0 Å². The van der Waals surface area contributed by atoms with E-state index >= 15 is 0 Å². The standard InChI is InChI=1S/C32H52O/c1-4-7-27-16-18-32-24-28(17-19-31(32)23-27)9-6-5-8-26-12-14-29(15-13-26)22-30(20-21-33)11-10-25(2)3/h17,19,24,26-27,29-30,33H,2,4-16,18,20-23H2,1,3H3. The van der Waals surface area contributed by atoms with Gasteiger partial charge in [-0.15, -0.1) is 6.58 Å². The Balaban J connectivity index is 1.31. The molecule has 1 nitrogen and oxygen atoms in total. The minimum atomic E-state index is 0.347. The molecule has 0 aliphatic heterocycles. The molecule has 186 valence electrons. The molecule has 1 heteroatoms. The summed E-state index contributed by atoms with van der Waals surface area (Å²) in [6, 6.07) is 7.42. The van der Waals surface area contributed by atoms with Crippen LogP contribution in [0.4, 0.5) is 0 Å². The van der Waals surface area contributed by atoms with E-state index in [1.54, 1.807) is 16.7 Å². The Hall–Kier alpha value is -1.08. The topological polar surface area (TPSA) is 20.2 Å². The summed E-state index contributed by atoms with van der Waals surface area (Å²) in [7, 11) is 0. The van der Waals surface area contributed by atoms with Crippen molar-refractivity contribution in [2.45, 2.75) is 123 Å². The van der Waals surface area contributed by atoms with Crippen LogP contribution in [0, 0.1) is 23.7 Å². The Labute approximate surface area is 205 Å². The van der Waals surface area contributed by atoms with Crippen molar-refractivity contribution >= 4 is 0 Å². The molecule has 1 fully saturated rings. The first kappa shape index (κ1) is 26.5. The third-order valence-corrected chi connectivity index (χ3v) is 8.78. The van der Waals surface area contributed by atoms with E-state index in [0.29, 0.717) is 12.5 Å². The fraction of sp³-hybridized carbons (Fsp3) is 0.750. The second-order valence-corrected chi connectivity index (χ2v) is 11.7. The number of hydrogen-bond acceptors (Lipinski definition) is 1. The second-order valence-electron chi connectivity index (χ2n) is 11.7. The maximum absolute atomic E-state index is 9.44. The van der Waals surface area contributed by atoms with Crippen molar-refractivity contribution in [2.24, 2.45) is 23.7 Å². The zero-order valence-corrected chi connectivity index (χ0v) is 21.9. The highest BCUT2D eigenvalue weighted by Gasteiger charge is 2.23. The zero-order valence-electron chi connectivity index (χ0n) is 21.9. The summed E-state index contributed by atoms with van der Waals surface area (Å²) in [5.41, 5.74) is 6.16. The van der Waals surface area contributed by atoms with Crippen molar-refractivity contribution in [3.05, 3.63) is 47.0 Å². The van der Waals surface area contributed by atoms with Crippen molar-refractivity contribution in [3.63, 3.8) is 0 Å². The van der Waals surface area contributed by atoms with Gasteiger partial charge in [0.25, 0.3) is 0 Å². The normalized spacial score (nSPS) is 23.8. The van der Waals surface area contributed by atoms with Crippen LogP contribution in [0.15, 0.2) is 30.4 Å². The van der Waals surface area contributed by atoms with Crippen molar-refractivity contribution < 1.29 is 5.11 Å². The Morgan fingerprint density at radius 1 is 0.970 bits per heavy atom. The predicted molar refractivity (Wildman–Crippen MR) is 144 cm³/mol. The van der Waals surface area contributed by atoms with Crippen LogP contribution >= 0.6 is 0 Å². The summed E-state index contributed by atoms with van der Waals surface area (Å²) in [6.07, 6.45) is 22.6. The van der Waals surface area contributed by atoms with Gasteiger partial charge in [0.1, 0.15) is 0 Å². The highest BCUT2D eigenvalue weighted by atomic mass is 16.3. The second kappa shape index (κ2) is 14.3. The summed E-state index contributed by atoms with van der Waals surface area (Å²) < 4.78 is 0. The first-order valence-electron chi connectivity index (χ1n) is 14.4. The molecule has 3 rings (SSSR count). The molecule has 2 aliphatic carbocycles. The lowest BCUT2D eigenvalue weighted by Gasteiger charge is -2.31. The molecular weight excluding hydrogens is 400 g/mol. The van der Waals surface area contributed by atoms with E-state index in [9.17, 15) is 5.11 Å². The summed E-state index contributed by atoms with van der Waals surface area (Å²) in [4.78, 5) is 0. The average Bonchev–Trinajstić information content (AvgIpc) is 2.81. The van der Waals surface area contributed by atoms with Crippen LogP contribution < -0.4 is 0 Å². The van der Waals surface area contributed by atoms with Crippen LogP contribution in [0.1, 0.15) is 120 Å². The number of aliphatic hydroxyl groups is 1. The minimum Gasteiger partial charge on any atom is -0.396 e. The number of fused-ring (bicyclic) bond motifs is 1. The van der Waals surface area contributed by atoms with Crippen molar-refractivity contribution in [3.8, 4) is 0 Å². The molecule has 1 N–H and O–H groups in total. The van der Waals surface area contributed by atoms with Gasteiger partial charge in [-0.3, -0.25) is 0 Å². The fourth-order valence-corrected chi connectivity index (χ4v) is 6.70. The zero-order chi connectivity index (χ0) is 23.5. The summed E-state index contributed by atoms with van der Waals surface area (Å²) >= 11 is 0. The van der Waals surface area contributed by atoms with Gasteiger partial charge in [-0.2, -0.15) is 0 Å². The minimum absolute atomic E-state index is 0.347. The molecule has 0 amide bonds. The number of benzene rings is 1. The molecule has 0 aromatic heterocycles. The van der Waals surface area contributed by atoms with E-state index in [1.807, 2.05) is 0 Å². The summed E-state index contributed by atoms with van der Waals surface area (Å²) in [5, 5.41) is 9.44. The Morgan fingerprint density at radius 3 is 2.48 bits per heavy atom. The lowest BCUT2D eigenvalue weighted by atomic mass is 9.75. The number of unbranched alkanes of at least 4 members (excludes halogenated alkanes) is 1. The van der Waals surface area contributed by atoms with Crippen LogP contribution in [-0.2, 0) is 19.3 Å². The maximum atomic E-state index is 9.44. The fourth-order valence-electron chi connectivity index (χ4n) is 6.70. The summed E-state index contributed by atoms with van der Waals surface area (Å²) in [6.45, 7) is 8.87. The predicted octanol–water partition coefficient (Wildman–Crippen LogP) is 8.86. The van der Waals surface area contributed by atoms with Gasteiger partial charge in [0.2, 0.25) is 0 Å². The van der Waals surface area contributed by atoms with Crippen molar-refractivity contribution in [2.75, 3.05) is 6.61 Å². The molecule has 2 aliphatic rings. The smallest absolute Gasteiger partial charge is 0.0433 e. The van der Waals surface area contributed by atoms with Crippen LogP contribution in [-0.4, -0.2) is 11.7 Å². The third-order valence-electron chi connectivity index (χ3n) is 8.78. The Morgan fingerprint density at radius 2 is 1.76 bits per heavy atom. The van der Waals surface area contributed by atoms with Gasteiger partial charge in [-0.05, 0) is 105 Å². The number of allylic oxidation sites excluding steroid dienone is 1. The number of aryl methyl sites for hydroxylation is 2. The van der Waals surface area contributed by atoms with Crippen LogP contribution in [0.5, 0.6) is 0 Å². The highest BCUT2D eigenvalue weighted by molar-refractivity contribution is 5.34. The molecule has 0 bridgehead atoms. The molecular formula is C32H52O. The molecule has 0 heterocycles. The Bertz CT molecular complexity index is 696.